The monoisotopic (exact) mass is 381 g/mol. The van der Waals surface area contributed by atoms with Gasteiger partial charge in [0.25, 0.3) is 0 Å². The van der Waals surface area contributed by atoms with E-state index in [-0.39, 0.29) is 23.8 Å². The zero-order chi connectivity index (χ0) is 19.9. The molecule has 0 spiro atoms. The third-order valence-electron chi connectivity index (χ3n) is 6.19. The third kappa shape index (κ3) is 3.24. The number of carbonyl (C=O) groups excluding carboxylic acids is 1. The molecule has 1 aliphatic carbocycles. The lowest BCUT2D eigenvalue weighted by atomic mass is 9.64. The summed E-state index contributed by atoms with van der Waals surface area (Å²) >= 11 is 0. The number of pyridine rings is 1. The molecule has 1 aromatic carbocycles. The van der Waals surface area contributed by atoms with Crippen molar-refractivity contribution < 1.29 is 19.0 Å². The Labute approximate surface area is 164 Å². The van der Waals surface area contributed by atoms with Crippen molar-refractivity contribution >= 4 is 12.0 Å². The van der Waals surface area contributed by atoms with Gasteiger partial charge in [-0.25, -0.2) is 9.18 Å². The zero-order valence-electron chi connectivity index (χ0n) is 16.0. The molecule has 1 saturated carbocycles. The molecule has 1 aromatic heterocycles. The molecule has 5 heteroatoms. The molecule has 146 valence electrons. The first-order chi connectivity index (χ1) is 13.4. The normalized spacial score (nSPS) is 32.4. The first-order valence-corrected chi connectivity index (χ1v) is 9.72. The predicted octanol–water partition coefficient (Wildman–Crippen LogP) is 4.24. The van der Waals surface area contributed by atoms with Gasteiger partial charge in [-0.05, 0) is 61.4 Å². The highest BCUT2D eigenvalue weighted by atomic mass is 19.1. The molecule has 2 aromatic rings. The van der Waals surface area contributed by atoms with Gasteiger partial charge in [0.15, 0.2) is 5.60 Å². The minimum absolute atomic E-state index is 0.0323. The van der Waals surface area contributed by atoms with E-state index in [0.29, 0.717) is 12.3 Å². The highest BCUT2D eigenvalue weighted by molar-refractivity contribution is 5.82. The van der Waals surface area contributed by atoms with Crippen LogP contribution in [0.25, 0.3) is 17.2 Å². The zero-order valence-corrected chi connectivity index (χ0v) is 16.0. The summed E-state index contributed by atoms with van der Waals surface area (Å²) in [7, 11) is 0. The lowest BCUT2D eigenvalue weighted by Gasteiger charge is -2.40. The summed E-state index contributed by atoms with van der Waals surface area (Å²) in [6.07, 6.45) is 6.61. The van der Waals surface area contributed by atoms with Gasteiger partial charge in [0.2, 0.25) is 0 Å². The molecule has 0 radical (unpaired) electrons. The second-order valence-electron chi connectivity index (χ2n) is 7.99. The highest BCUT2D eigenvalue weighted by Gasteiger charge is 2.59. The van der Waals surface area contributed by atoms with E-state index in [1.165, 1.54) is 12.1 Å². The summed E-state index contributed by atoms with van der Waals surface area (Å²) in [6, 6.07) is 10.2. The van der Waals surface area contributed by atoms with Crippen molar-refractivity contribution in [2.45, 2.75) is 38.4 Å². The number of carbonyl (C=O) groups is 1. The summed E-state index contributed by atoms with van der Waals surface area (Å²) in [6.45, 7) is 4.00. The van der Waals surface area contributed by atoms with Crippen LogP contribution in [0.1, 0.15) is 32.4 Å². The van der Waals surface area contributed by atoms with Crippen LogP contribution in [0.3, 0.4) is 0 Å². The Kier molecular flexibility index (Phi) is 4.79. The number of halogens is 1. The number of aromatic nitrogens is 1. The van der Waals surface area contributed by atoms with Crippen LogP contribution in [0.4, 0.5) is 4.39 Å². The van der Waals surface area contributed by atoms with E-state index in [4.69, 9.17) is 4.74 Å². The Hall–Kier alpha value is -2.53. The van der Waals surface area contributed by atoms with Gasteiger partial charge in [-0.2, -0.15) is 0 Å². The number of ether oxygens (including phenoxy) is 1. The number of esters is 1. The lowest BCUT2D eigenvalue weighted by Crippen LogP contribution is -2.50. The highest BCUT2D eigenvalue weighted by Crippen LogP contribution is 2.49. The van der Waals surface area contributed by atoms with Crippen LogP contribution >= 0.6 is 0 Å². The van der Waals surface area contributed by atoms with Crippen LogP contribution in [0, 0.1) is 23.6 Å². The van der Waals surface area contributed by atoms with Crippen molar-refractivity contribution in [3.63, 3.8) is 0 Å². The molecule has 4 unspecified atom stereocenters. The molecule has 4 nitrogen and oxygen atoms in total. The second-order valence-corrected chi connectivity index (χ2v) is 7.99. The molecule has 1 N–H and O–H groups in total. The molecule has 28 heavy (non-hydrogen) atoms. The first kappa shape index (κ1) is 18.8. The SMILES string of the molecule is CC1CCC2(O)C(=O)O[C@H](C)C2C1/C=C/c1ccc(-c2cccc(F)c2)cn1. The van der Waals surface area contributed by atoms with Crippen LogP contribution in [-0.2, 0) is 9.53 Å². The minimum Gasteiger partial charge on any atom is -0.460 e. The maximum atomic E-state index is 13.4. The standard InChI is InChI=1S/C23H24FNO3/c1-14-10-11-23(27)21(15(2)28-22(23)26)20(14)9-8-19-7-6-17(13-25-19)16-4-3-5-18(24)12-16/h3-9,12-15,20-21,27H,10-11H2,1-2H3/b9-8+/t14?,15-,20?,21?,23?/m1/s1. The molecule has 2 aliphatic rings. The van der Waals surface area contributed by atoms with E-state index in [9.17, 15) is 14.3 Å². The average Bonchev–Trinajstić information content (AvgIpc) is 2.91. The fourth-order valence-electron chi connectivity index (χ4n) is 4.62. The summed E-state index contributed by atoms with van der Waals surface area (Å²) in [4.78, 5) is 16.6. The fraction of sp³-hybridized carbons (Fsp3) is 0.391. The Morgan fingerprint density at radius 2 is 2.07 bits per heavy atom. The van der Waals surface area contributed by atoms with E-state index >= 15 is 0 Å². The third-order valence-corrected chi connectivity index (χ3v) is 6.19. The topological polar surface area (TPSA) is 59.4 Å². The number of hydrogen-bond acceptors (Lipinski definition) is 4. The maximum Gasteiger partial charge on any atom is 0.338 e. The van der Waals surface area contributed by atoms with E-state index in [1.807, 2.05) is 37.3 Å². The van der Waals surface area contributed by atoms with Crippen LogP contribution in [0.15, 0.2) is 48.7 Å². The van der Waals surface area contributed by atoms with Crippen LogP contribution in [0.2, 0.25) is 0 Å². The molecule has 0 amide bonds. The van der Waals surface area contributed by atoms with Crippen molar-refractivity contribution in [2.75, 3.05) is 0 Å². The maximum absolute atomic E-state index is 13.4. The van der Waals surface area contributed by atoms with Crippen molar-refractivity contribution in [1.82, 2.24) is 4.98 Å². The number of benzene rings is 1. The molecule has 0 bridgehead atoms. The number of hydrogen-bond donors (Lipinski definition) is 1. The van der Waals surface area contributed by atoms with E-state index < -0.39 is 11.6 Å². The number of nitrogens with zero attached hydrogens (tertiary/aromatic N) is 1. The predicted molar refractivity (Wildman–Crippen MR) is 105 cm³/mol. The largest absolute Gasteiger partial charge is 0.460 e. The number of fused-ring (bicyclic) bond motifs is 1. The average molecular weight is 381 g/mol. The summed E-state index contributed by atoms with van der Waals surface area (Å²) in [5.41, 5.74) is 1.03. The molecule has 2 fully saturated rings. The van der Waals surface area contributed by atoms with E-state index in [0.717, 1.165) is 23.2 Å². The van der Waals surface area contributed by atoms with Gasteiger partial charge in [0.1, 0.15) is 11.9 Å². The quantitative estimate of drug-likeness (QED) is 0.808. The van der Waals surface area contributed by atoms with Gasteiger partial charge in [-0.1, -0.05) is 31.2 Å². The van der Waals surface area contributed by atoms with Gasteiger partial charge >= 0.3 is 5.97 Å². The molecule has 1 saturated heterocycles. The van der Waals surface area contributed by atoms with Crippen molar-refractivity contribution in [3.05, 3.63) is 60.2 Å². The number of allylic oxidation sites excluding steroid dienone is 1. The second kappa shape index (κ2) is 7.13. The number of rotatable bonds is 3. The summed E-state index contributed by atoms with van der Waals surface area (Å²) in [5.74, 6) is -0.642. The van der Waals surface area contributed by atoms with Crippen molar-refractivity contribution in [3.8, 4) is 11.1 Å². The number of cyclic esters (lactones) is 1. The van der Waals surface area contributed by atoms with Crippen molar-refractivity contribution in [2.24, 2.45) is 17.8 Å². The molecule has 4 rings (SSSR count). The Morgan fingerprint density at radius 1 is 1.25 bits per heavy atom. The van der Waals surface area contributed by atoms with E-state index in [2.05, 4.69) is 11.9 Å². The Balaban J connectivity index is 1.55. The first-order valence-electron chi connectivity index (χ1n) is 9.72. The van der Waals surface area contributed by atoms with Gasteiger partial charge < -0.3 is 9.84 Å². The van der Waals surface area contributed by atoms with Gasteiger partial charge in [0, 0.05) is 17.7 Å². The molecule has 1 aliphatic heterocycles. The van der Waals surface area contributed by atoms with Gasteiger partial charge in [-0.3, -0.25) is 4.98 Å². The Morgan fingerprint density at radius 3 is 2.79 bits per heavy atom. The van der Waals surface area contributed by atoms with Gasteiger partial charge in [-0.15, -0.1) is 0 Å². The molecule has 5 atom stereocenters. The molecule has 2 heterocycles. The Bertz CT molecular complexity index is 910. The fourth-order valence-corrected chi connectivity index (χ4v) is 4.62. The minimum atomic E-state index is -1.38. The van der Waals surface area contributed by atoms with Crippen LogP contribution in [-0.4, -0.2) is 27.8 Å². The van der Waals surface area contributed by atoms with Crippen LogP contribution < -0.4 is 0 Å². The van der Waals surface area contributed by atoms with Crippen molar-refractivity contribution in [1.29, 1.82) is 0 Å². The van der Waals surface area contributed by atoms with E-state index in [1.54, 1.807) is 12.3 Å². The number of aliphatic hydroxyl groups is 1. The van der Waals surface area contributed by atoms with Crippen LogP contribution in [0.5, 0.6) is 0 Å². The summed E-state index contributed by atoms with van der Waals surface area (Å²) < 4.78 is 18.8. The van der Waals surface area contributed by atoms with Gasteiger partial charge in [0.05, 0.1) is 5.69 Å². The smallest absolute Gasteiger partial charge is 0.338 e. The summed E-state index contributed by atoms with van der Waals surface area (Å²) in [5, 5.41) is 10.9. The molecular weight excluding hydrogens is 357 g/mol. The molecular formula is C23H24FNO3. The lowest BCUT2D eigenvalue weighted by molar-refractivity contribution is -0.158.